The molecule has 0 atom stereocenters. The molecule has 5 rings (SSSR count). The van der Waals surface area contributed by atoms with E-state index in [2.05, 4.69) is 0 Å². The second kappa shape index (κ2) is 5.63. The molecule has 3 aromatic carbocycles. The van der Waals surface area contributed by atoms with Crippen LogP contribution in [-0.2, 0) is 7.05 Å². The summed E-state index contributed by atoms with van der Waals surface area (Å²) in [5, 5.41) is 1.71. The number of rotatable bonds is 2. The Morgan fingerprint density at radius 1 is 0.786 bits per heavy atom. The van der Waals surface area contributed by atoms with E-state index in [4.69, 9.17) is 0 Å². The van der Waals surface area contributed by atoms with Gasteiger partial charge in [-0.2, -0.15) is 0 Å². The average molecular weight is 368 g/mol. The second-order valence-electron chi connectivity index (χ2n) is 7.02. The minimum atomic E-state index is -0.342. The number of para-hydroxylation sites is 1. The lowest BCUT2D eigenvalue weighted by molar-refractivity contribution is 0.0693. The number of benzene rings is 3. The number of amides is 2. The van der Waals surface area contributed by atoms with Gasteiger partial charge in [-0.25, -0.2) is 0 Å². The van der Waals surface area contributed by atoms with Crippen LogP contribution in [0.2, 0.25) is 0 Å². The van der Waals surface area contributed by atoms with Crippen molar-refractivity contribution in [3.63, 3.8) is 0 Å². The summed E-state index contributed by atoms with van der Waals surface area (Å²) in [5.41, 5.74) is 4.36. The van der Waals surface area contributed by atoms with Gasteiger partial charge in [0.2, 0.25) is 0 Å². The van der Waals surface area contributed by atoms with Gasteiger partial charge >= 0.3 is 0 Å². The number of aldehydes is 1. The Bertz CT molecular complexity index is 1350. The number of fused-ring (bicyclic) bond motifs is 5. The Kier molecular flexibility index (Phi) is 3.31. The van der Waals surface area contributed by atoms with E-state index in [1.807, 2.05) is 54.1 Å². The normalized spacial score (nSPS) is 13.6. The van der Waals surface area contributed by atoms with Crippen molar-refractivity contribution in [1.29, 1.82) is 0 Å². The van der Waals surface area contributed by atoms with E-state index in [0.29, 0.717) is 27.8 Å². The summed E-state index contributed by atoms with van der Waals surface area (Å²) in [6, 6.07) is 16.9. The predicted octanol–water partition coefficient (Wildman–Crippen LogP) is 4.04. The molecule has 5 heteroatoms. The maximum absolute atomic E-state index is 13.0. The summed E-state index contributed by atoms with van der Waals surface area (Å²) < 4.78 is 2.02. The summed E-state index contributed by atoms with van der Waals surface area (Å²) in [4.78, 5) is 38.8. The highest BCUT2D eigenvalue weighted by Crippen LogP contribution is 2.42. The van der Waals surface area contributed by atoms with Crippen LogP contribution in [-0.4, -0.2) is 34.6 Å². The molecule has 0 aliphatic carbocycles. The molecule has 1 aliphatic rings. The van der Waals surface area contributed by atoms with Crippen LogP contribution >= 0.6 is 0 Å². The third kappa shape index (κ3) is 1.93. The highest BCUT2D eigenvalue weighted by Gasteiger charge is 2.38. The molecular formula is C23H16N2O3. The van der Waals surface area contributed by atoms with Gasteiger partial charge in [0.15, 0.2) is 6.29 Å². The molecule has 0 saturated carbocycles. The molecule has 0 saturated heterocycles. The number of carbonyl (C=O) groups excluding carboxylic acids is 3. The molecule has 2 amide bonds. The van der Waals surface area contributed by atoms with Crippen LogP contribution < -0.4 is 0 Å². The molecule has 28 heavy (non-hydrogen) atoms. The van der Waals surface area contributed by atoms with Crippen LogP contribution in [0.1, 0.15) is 31.1 Å². The lowest BCUT2D eigenvalue weighted by Crippen LogP contribution is -2.24. The summed E-state index contributed by atoms with van der Waals surface area (Å²) in [6.45, 7) is 0. The van der Waals surface area contributed by atoms with Gasteiger partial charge in [-0.15, -0.1) is 0 Å². The SMILES string of the molecule is CN1C(=O)c2c(-c3ccccc3C=O)cc3c(c2C1=O)c1ccccc1n3C. The first-order chi connectivity index (χ1) is 13.5. The predicted molar refractivity (Wildman–Crippen MR) is 108 cm³/mol. The van der Waals surface area contributed by atoms with Gasteiger partial charge in [-0.3, -0.25) is 19.3 Å². The highest BCUT2D eigenvalue weighted by molar-refractivity contribution is 6.32. The highest BCUT2D eigenvalue weighted by atomic mass is 16.2. The van der Waals surface area contributed by atoms with Gasteiger partial charge < -0.3 is 4.57 Å². The van der Waals surface area contributed by atoms with Crippen molar-refractivity contribution in [2.75, 3.05) is 7.05 Å². The minimum Gasteiger partial charge on any atom is -0.344 e. The first-order valence-corrected chi connectivity index (χ1v) is 8.95. The van der Waals surface area contributed by atoms with Crippen molar-refractivity contribution in [1.82, 2.24) is 9.47 Å². The van der Waals surface area contributed by atoms with Crippen LogP contribution in [0.25, 0.3) is 32.9 Å². The zero-order valence-corrected chi connectivity index (χ0v) is 15.4. The Balaban J connectivity index is 2.04. The van der Waals surface area contributed by atoms with E-state index in [9.17, 15) is 14.4 Å². The molecular weight excluding hydrogens is 352 g/mol. The summed E-state index contributed by atoms with van der Waals surface area (Å²) in [6.07, 6.45) is 0.776. The zero-order valence-electron chi connectivity index (χ0n) is 15.4. The number of aryl methyl sites for hydroxylation is 1. The fourth-order valence-corrected chi connectivity index (χ4v) is 4.23. The molecule has 0 bridgehead atoms. The number of hydrogen-bond acceptors (Lipinski definition) is 3. The van der Waals surface area contributed by atoms with Crippen LogP contribution in [0.15, 0.2) is 54.6 Å². The first-order valence-electron chi connectivity index (χ1n) is 8.95. The van der Waals surface area contributed by atoms with Crippen LogP contribution in [0.3, 0.4) is 0 Å². The van der Waals surface area contributed by atoms with Crippen LogP contribution in [0.5, 0.6) is 0 Å². The molecule has 4 aromatic rings. The molecule has 0 radical (unpaired) electrons. The standard InChI is InChI=1S/C23H16N2O3/c1-24-17-10-6-5-9-15(17)19-18(24)11-16(14-8-4-3-7-13(14)12-26)20-21(19)23(28)25(2)22(20)27/h3-12H,1-2H3. The lowest BCUT2D eigenvalue weighted by Gasteiger charge is -2.11. The number of hydrogen-bond donors (Lipinski definition) is 0. The molecule has 136 valence electrons. The minimum absolute atomic E-state index is 0.313. The number of imide groups is 1. The quantitative estimate of drug-likeness (QED) is 0.396. The molecule has 0 spiro atoms. The molecule has 0 fully saturated rings. The smallest absolute Gasteiger partial charge is 0.262 e. The van der Waals surface area contributed by atoms with Gasteiger partial charge in [0.05, 0.1) is 16.6 Å². The van der Waals surface area contributed by atoms with Crippen molar-refractivity contribution in [2.24, 2.45) is 7.05 Å². The maximum atomic E-state index is 13.0. The third-order valence-corrected chi connectivity index (χ3v) is 5.62. The summed E-state index contributed by atoms with van der Waals surface area (Å²) in [5.74, 6) is -0.655. The van der Waals surface area contributed by atoms with E-state index in [1.54, 1.807) is 12.1 Å². The Morgan fingerprint density at radius 2 is 1.46 bits per heavy atom. The molecule has 5 nitrogen and oxygen atoms in total. The van der Waals surface area contributed by atoms with E-state index in [0.717, 1.165) is 33.0 Å². The van der Waals surface area contributed by atoms with Crippen molar-refractivity contribution in [3.8, 4) is 11.1 Å². The monoisotopic (exact) mass is 368 g/mol. The van der Waals surface area contributed by atoms with Crippen LogP contribution in [0.4, 0.5) is 0 Å². The van der Waals surface area contributed by atoms with Gasteiger partial charge in [0, 0.05) is 35.9 Å². The Labute approximate surface area is 160 Å². The molecule has 2 heterocycles. The van der Waals surface area contributed by atoms with Gasteiger partial charge in [-0.05, 0) is 23.3 Å². The van der Waals surface area contributed by atoms with E-state index >= 15 is 0 Å². The number of aromatic nitrogens is 1. The Morgan fingerprint density at radius 3 is 2.25 bits per heavy atom. The van der Waals surface area contributed by atoms with Crippen molar-refractivity contribution in [3.05, 3.63) is 71.3 Å². The summed E-state index contributed by atoms with van der Waals surface area (Å²) >= 11 is 0. The fraction of sp³-hybridized carbons (Fsp3) is 0.0870. The Hall–Kier alpha value is -3.73. The molecule has 0 N–H and O–H groups in total. The van der Waals surface area contributed by atoms with Gasteiger partial charge in [0.25, 0.3) is 11.8 Å². The molecule has 0 unspecified atom stereocenters. The number of carbonyl (C=O) groups is 3. The van der Waals surface area contributed by atoms with E-state index < -0.39 is 0 Å². The average Bonchev–Trinajstić information content (AvgIpc) is 3.14. The van der Waals surface area contributed by atoms with E-state index in [1.165, 1.54) is 7.05 Å². The topological polar surface area (TPSA) is 59.4 Å². The first kappa shape index (κ1) is 16.4. The fourth-order valence-electron chi connectivity index (χ4n) is 4.23. The van der Waals surface area contributed by atoms with Crippen molar-refractivity contribution < 1.29 is 14.4 Å². The van der Waals surface area contributed by atoms with Crippen molar-refractivity contribution in [2.45, 2.75) is 0 Å². The van der Waals surface area contributed by atoms with Crippen LogP contribution in [0, 0.1) is 0 Å². The zero-order chi connectivity index (χ0) is 19.6. The summed E-state index contributed by atoms with van der Waals surface area (Å²) in [7, 11) is 3.44. The van der Waals surface area contributed by atoms with E-state index in [-0.39, 0.29) is 11.8 Å². The third-order valence-electron chi connectivity index (χ3n) is 5.62. The molecule has 1 aliphatic heterocycles. The maximum Gasteiger partial charge on any atom is 0.262 e. The number of nitrogens with zero attached hydrogens (tertiary/aromatic N) is 2. The van der Waals surface area contributed by atoms with Gasteiger partial charge in [0.1, 0.15) is 0 Å². The van der Waals surface area contributed by atoms with Gasteiger partial charge in [-0.1, -0.05) is 42.5 Å². The molecule has 1 aromatic heterocycles. The largest absolute Gasteiger partial charge is 0.344 e. The van der Waals surface area contributed by atoms with Crippen molar-refractivity contribution >= 4 is 39.9 Å². The lowest BCUT2D eigenvalue weighted by atomic mass is 9.91. The second-order valence-corrected chi connectivity index (χ2v) is 7.02.